The molecule has 1 aliphatic heterocycles. The first kappa shape index (κ1) is 21.7. The van der Waals surface area contributed by atoms with Crippen molar-refractivity contribution >= 4 is 11.0 Å². The number of rotatable bonds is 7. The van der Waals surface area contributed by atoms with Crippen LogP contribution in [0.3, 0.4) is 0 Å². The number of benzene rings is 3. The molecule has 0 radical (unpaired) electrons. The van der Waals surface area contributed by atoms with Gasteiger partial charge in [0.05, 0.1) is 11.0 Å². The molecule has 0 aliphatic carbocycles. The molecule has 0 bridgehead atoms. The lowest BCUT2D eigenvalue weighted by Crippen LogP contribution is -2.38. The Kier molecular flexibility index (Phi) is 6.45. The summed E-state index contributed by atoms with van der Waals surface area (Å²) in [5.41, 5.74) is 5.01. The van der Waals surface area contributed by atoms with Crippen molar-refractivity contribution in [1.82, 2.24) is 14.0 Å². The molecular formula is C29H33N3O. The van der Waals surface area contributed by atoms with Crippen LogP contribution in [0.4, 0.5) is 0 Å². The van der Waals surface area contributed by atoms with Gasteiger partial charge in [0.1, 0.15) is 0 Å². The molecule has 4 heteroatoms. The van der Waals surface area contributed by atoms with E-state index < -0.39 is 0 Å². The van der Waals surface area contributed by atoms with E-state index in [-0.39, 0.29) is 5.69 Å². The van der Waals surface area contributed by atoms with Gasteiger partial charge in [-0.15, -0.1) is 0 Å². The molecule has 0 amide bonds. The molecule has 4 aromatic rings. The number of imidazole rings is 1. The Morgan fingerprint density at radius 1 is 0.788 bits per heavy atom. The molecule has 0 spiro atoms. The second-order valence-corrected chi connectivity index (χ2v) is 9.29. The highest BCUT2D eigenvalue weighted by molar-refractivity contribution is 5.76. The monoisotopic (exact) mass is 439 g/mol. The molecular weight excluding hydrogens is 406 g/mol. The Bertz CT molecular complexity index is 1190. The lowest BCUT2D eigenvalue weighted by Gasteiger charge is -2.33. The zero-order chi connectivity index (χ0) is 22.6. The van der Waals surface area contributed by atoms with Gasteiger partial charge < -0.3 is 4.90 Å². The molecule has 1 aliphatic rings. The molecule has 33 heavy (non-hydrogen) atoms. The van der Waals surface area contributed by atoms with E-state index in [1.54, 1.807) is 4.57 Å². The summed E-state index contributed by atoms with van der Waals surface area (Å²) in [6, 6.07) is 30.2. The molecule has 170 valence electrons. The van der Waals surface area contributed by atoms with Crippen LogP contribution in [0, 0.1) is 0 Å². The SMILES string of the molecule is Cn1c(=O)n(C2CCN(CCCC(c3ccccc3)c3ccccc3)CC2)c2ccccc21. The molecule has 3 aromatic carbocycles. The maximum Gasteiger partial charge on any atom is 0.329 e. The minimum Gasteiger partial charge on any atom is -0.303 e. The van der Waals surface area contributed by atoms with Gasteiger partial charge in [-0.1, -0.05) is 72.8 Å². The van der Waals surface area contributed by atoms with E-state index in [0.717, 1.165) is 49.9 Å². The summed E-state index contributed by atoms with van der Waals surface area (Å²) < 4.78 is 3.82. The quantitative estimate of drug-likeness (QED) is 0.376. The van der Waals surface area contributed by atoms with Gasteiger partial charge in [-0.05, 0) is 55.5 Å². The molecule has 0 atom stereocenters. The summed E-state index contributed by atoms with van der Waals surface area (Å²) in [6.45, 7) is 3.23. The number of para-hydroxylation sites is 2. The van der Waals surface area contributed by atoms with Crippen LogP contribution in [0.15, 0.2) is 89.7 Å². The number of likely N-dealkylation sites (tertiary alicyclic amines) is 1. The van der Waals surface area contributed by atoms with Gasteiger partial charge in [-0.25, -0.2) is 4.79 Å². The van der Waals surface area contributed by atoms with Crippen LogP contribution in [-0.4, -0.2) is 33.7 Å². The highest BCUT2D eigenvalue weighted by atomic mass is 16.1. The van der Waals surface area contributed by atoms with Crippen LogP contribution in [0.1, 0.15) is 48.8 Å². The predicted octanol–water partition coefficient (Wildman–Crippen LogP) is 5.59. The molecule has 4 nitrogen and oxygen atoms in total. The van der Waals surface area contributed by atoms with E-state index in [4.69, 9.17) is 0 Å². The van der Waals surface area contributed by atoms with E-state index in [9.17, 15) is 4.79 Å². The minimum atomic E-state index is 0.114. The minimum absolute atomic E-state index is 0.114. The molecule has 0 unspecified atom stereocenters. The number of fused-ring (bicyclic) bond motifs is 1. The van der Waals surface area contributed by atoms with Crippen molar-refractivity contribution in [2.24, 2.45) is 7.05 Å². The highest BCUT2D eigenvalue weighted by Crippen LogP contribution is 2.30. The summed E-state index contributed by atoms with van der Waals surface area (Å²) in [5.74, 6) is 0.444. The number of hydrogen-bond donors (Lipinski definition) is 0. The van der Waals surface area contributed by atoms with E-state index in [2.05, 4.69) is 71.6 Å². The smallest absolute Gasteiger partial charge is 0.303 e. The highest BCUT2D eigenvalue weighted by Gasteiger charge is 2.24. The van der Waals surface area contributed by atoms with Crippen LogP contribution >= 0.6 is 0 Å². The van der Waals surface area contributed by atoms with Crippen molar-refractivity contribution in [3.05, 3.63) is 107 Å². The van der Waals surface area contributed by atoms with Crippen molar-refractivity contribution in [2.75, 3.05) is 19.6 Å². The topological polar surface area (TPSA) is 30.2 Å². The van der Waals surface area contributed by atoms with E-state index in [1.165, 1.54) is 17.5 Å². The van der Waals surface area contributed by atoms with Gasteiger partial charge in [0.2, 0.25) is 0 Å². The third kappa shape index (κ3) is 4.53. The van der Waals surface area contributed by atoms with Crippen LogP contribution in [-0.2, 0) is 7.05 Å². The largest absolute Gasteiger partial charge is 0.329 e. The summed E-state index contributed by atoms with van der Waals surface area (Å²) in [4.78, 5) is 15.5. The normalized spacial score (nSPS) is 15.5. The van der Waals surface area contributed by atoms with Crippen LogP contribution in [0.2, 0.25) is 0 Å². The fourth-order valence-corrected chi connectivity index (χ4v) is 5.49. The molecule has 1 saturated heterocycles. The van der Waals surface area contributed by atoms with Crippen molar-refractivity contribution in [3.63, 3.8) is 0 Å². The van der Waals surface area contributed by atoms with Crippen molar-refractivity contribution in [3.8, 4) is 0 Å². The number of aromatic nitrogens is 2. The van der Waals surface area contributed by atoms with E-state index in [0.29, 0.717) is 12.0 Å². The molecule has 1 fully saturated rings. The Hall–Kier alpha value is -3.11. The van der Waals surface area contributed by atoms with Crippen molar-refractivity contribution in [2.45, 2.75) is 37.6 Å². The average molecular weight is 440 g/mol. The molecule has 5 rings (SSSR count). The first-order chi connectivity index (χ1) is 16.2. The molecule has 2 heterocycles. The predicted molar refractivity (Wildman–Crippen MR) is 136 cm³/mol. The fraction of sp³-hybridized carbons (Fsp3) is 0.345. The van der Waals surface area contributed by atoms with Crippen LogP contribution in [0.5, 0.6) is 0 Å². The van der Waals surface area contributed by atoms with E-state index in [1.807, 2.05) is 29.8 Å². The van der Waals surface area contributed by atoms with Crippen molar-refractivity contribution in [1.29, 1.82) is 0 Å². The number of aryl methyl sites for hydroxylation is 1. The third-order valence-corrected chi connectivity index (χ3v) is 7.29. The second-order valence-electron chi connectivity index (χ2n) is 9.29. The van der Waals surface area contributed by atoms with Gasteiger partial charge in [0, 0.05) is 32.1 Å². The Balaban J connectivity index is 1.21. The lowest BCUT2D eigenvalue weighted by atomic mass is 9.87. The van der Waals surface area contributed by atoms with Crippen molar-refractivity contribution < 1.29 is 0 Å². The summed E-state index contributed by atoms with van der Waals surface area (Å²) in [7, 11) is 1.88. The van der Waals surface area contributed by atoms with Crippen LogP contribution < -0.4 is 5.69 Å². The van der Waals surface area contributed by atoms with Crippen LogP contribution in [0.25, 0.3) is 11.0 Å². The summed E-state index contributed by atoms with van der Waals surface area (Å²) in [6.07, 6.45) is 4.40. The molecule has 0 N–H and O–H groups in total. The first-order valence-electron chi connectivity index (χ1n) is 12.2. The van der Waals surface area contributed by atoms with Gasteiger partial charge >= 0.3 is 5.69 Å². The Morgan fingerprint density at radius 2 is 1.33 bits per heavy atom. The fourth-order valence-electron chi connectivity index (χ4n) is 5.49. The number of piperidine rings is 1. The first-order valence-corrected chi connectivity index (χ1v) is 12.2. The van der Waals surface area contributed by atoms with Gasteiger partial charge in [-0.3, -0.25) is 9.13 Å². The Labute approximate surface area is 196 Å². The average Bonchev–Trinajstić information content (AvgIpc) is 3.13. The zero-order valence-corrected chi connectivity index (χ0v) is 19.4. The number of nitrogens with zero attached hydrogens (tertiary/aromatic N) is 3. The third-order valence-electron chi connectivity index (χ3n) is 7.29. The number of hydrogen-bond acceptors (Lipinski definition) is 2. The van der Waals surface area contributed by atoms with E-state index >= 15 is 0 Å². The maximum absolute atomic E-state index is 12.9. The Morgan fingerprint density at radius 3 is 1.94 bits per heavy atom. The summed E-state index contributed by atoms with van der Waals surface area (Å²) in [5, 5.41) is 0. The van der Waals surface area contributed by atoms with Gasteiger partial charge in [0.25, 0.3) is 0 Å². The maximum atomic E-state index is 12.9. The zero-order valence-electron chi connectivity index (χ0n) is 19.4. The second kappa shape index (κ2) is 9.80. The molecule has 1 aromatic heterocycles. The standard InChI is InChI=1S/C29H33N3O/c1-30-27-16-8-9-17-28(27)32(29(30)33)25-18-21-31(22-19-25)20-10-15-26(23-11-4-2-5-12-23)24-13-6-3-7-14-24/h2-9,11-14,16-17,25-26H,10,15,18-22H2,1H3. The van der Waals surface area contributed by atoms with Gasteiger partial charge in [-0.2, -0.15) is 0 Å². The summed E-state index contributed by atoms with van der Waals surface area (Å²) >= 11 is 0. The van der Waals surface area contributed by atoms with Gasteiger partial charge in [0.15, 0.2) is 0 Å². The lowest BCUT2D eigenvalue weighted by molar-refractivity contribution is 0.183. The molecule has 0 saturated carbocycles.